The van der Waals surface area contributed by atoms with Gasteiger partial charge >= 0.3 is 0 Å². The van der Waals surface area contributed by atoms with Gasteiger partial charge in [0.25, 0.3) is 0 Å². The maximum Gasteiger partial charge on any atom is 0.122 e. The number of nitrogens with two attached hydrogens (primary N) is 1. The largest absolute Gasteiger partial charge is 0.497 e. The summed E-state index contributed by atoms with van der Waals surface area (Å²) < 4.78 is 10.7. The Morgan fingerprint density at radius 3 is 2.05 bits per heavy atom. The van der Waals surface area contributed by atoms with Gasteiger partial charge in [-0.15, -0.1) is 0 Å². The Bertz CT molecular complexity index is 401. The summed E-state index contributed by atoms with van der Waals surface area (Å²) in [5, 5.41) is 0. The molecule has 1 saturated carbocycles. The normalized spacial score (nSPS) is 27.1. The maximum atomic E-state index is 6.63. The van der Waals surface area contributed by atoms with Crippen molar-refractivity contribution in [3.63, 3.8) is 0 Å². The summed E-state index contributed by atoms with van der Waals surface area (Å²) in [6.45, 7) is 2.27. The van der Waals surface area contributed by atoms with E-state index in [0.717, 1.165) is 35.8 Å². The van der Waals surface area contributed by atoms with Gasteiger partial charge in [0.15, 0.2) is 0 Å². The quantitative estimate of drug-likeness (QED) is 0.904. The molecule has 0 amide bonds. The zero-order valence-corrected chi connectivity index (χ0v) is 12.2. The van der Waals surface area contributed by atoms with E-state index in [1.165, 1.54) is 19.3 Å². The van der Waals surface area contributed by atoms with Crippen molar-refractivity contribution >= 4 is 0 Å². The van der Waals surface area contributed by atoms with Crippen molar-refractivity contribution in [3.05, 3.63) is 23.8 Å². The highest BCUT2D eigenvalue weighted by Gasteiger charge is 2.33. The molecule has 3 heteroatoms. The highest BCUT2D eigenvalue weighted by molar-refractivity contribution is 5.41. The fraction of sp³-hybridized carbons (Fsp3) is 0.625. The predicted molar refractivity (Wildman–Crippen MR) is 77.7 cm³/mol. The summed E-state index contributed by atoms with van der Waals surface area (Å²) in [6.07, 6.45) is 5.78. The molecule has 0 atom stereocenters. The molecule has 19 heavy (non-hydrogen) atoms. The molecule has 0 spiro atoms. The van der Waals surface area contributed by atoms with Gasteiger partial charge in [-0.3, -0.25) is 0 Å². The number of hydrogen-bond donors (Lipinski definition) is 1. The zero-order chi connectivity index (χ0) is 13.9. The average molecular weight is 263 g/mol. The second-order valence-corrected chi connectivity index (χ2v) is 5.61. The lowest BCUT2D eigenvalue weighted by Gasteiger charge is -2.37. The van der Waals surface area contributed by atoms with E-state index in [2.05, 4.69) is 19.1 Å². The van der Waals surface area contributed by atoms with E-state index in [0.29, 0.717) is 0 Å². The molecule has 2 N–H and O–H groups in total. The first-order valence-corrected chi connectivity index (χ1v) is 7.13. The van der Waals surface area contributed by atoms with Gasteiger partial charge in [-0.1, -0.05) is 13.3 Å². The van der Waals surface area contributed by atoms with Crippen LogP contribution < -0.4 is 15.2 Å². The van der Waals surface area contributed by atoms with Gasteiger partial charge in [-0.05, 0) is 49.3 Å². The molecule has 0 radical (unpaired) electrons. The lowest BCUT2D eigenvalue weighted by atomic mass is 9.72. The first kappa shape index (κ1) is 14.2. The van der Waals surface area contributed by atoms with Crippen molar-refractivity contribution in [2.45, 2.75) is 44.6 Å². The number of ether oxygens (including phenoxy) is 2. The monoisotopic (exact) mass is 263 g/mol. The minimum absolute atomic E-state index is 0.229. The van der Waals surface area contributed by atoms with Crippen LogP contribution in [0, 0.1) is 5.92 Å². The zero-order valence-electron chi connectivity index (χ0n) is 12.2. The lowest BCUT2D eigenvalue weighted by Crippen LogP contribution is -2.40. The molecule has 0 aliphatic heterocycles. The second-order valence-electron chi connectivity index (χ2n) is 5.61. The van der Waals surface area contributed by atoms with Gasteiger partial charge in [0.2, 0.25) is 0 Å². The van der Waals surface area contributed by atoms with Crippen molar-refractivity contribution < 1.29 is 9.47 Å². The van der Waals surface area contributed by atoms with Crippen LogP contribution in [0.25, 0.3) is 0 Å². The molecular weight excluding hydrogens is 238 g/mol. The third-order valence-corrected chi connectivity index (χ3v) is 4.50. The maximum absolute atomic E-state index is 6.63. The third-order valence-electron chi connectivity index (χ3n) is 4.50. The van der Waals surface area contributed by atoms with Crippen molar-refractivity contribution in [1.29, 1.82) is 0 Å². The summed E-state index contributed by atoms with van der Waals surface area (Å²) in [5.74, 6) is 2.47. The van der Waals surface area contributed by atoms with Crippen molar-refractivity contribution in [2.75, 3.05) is 14.2 Å². The fourth-order valence-electron chi connectivity index (χ4n) is 2.98. The third kappa shape index (κ3) is 3.03. The van der Waals surface area contributed by atoms with Crippen LogP contribution in [0.15, 0.2) is 18.2 Å². The number of rotatable bonds is 4. The molecule has 0 aromatic heterocycles. The molecule has 1 aliphatic carbocycles. The first-order chi connectivity index (χ1) is 9.11. The molecule has 0 heterocycles. The van der Waals surface area contributed by atoms with Crippen LogP contribution in [0.3, 0.4) is 0 Å². The Hall–Kier alpha value is -1.22. The van der Waals surface area contributed by atoms with Crippen LogP contribution in [0.5, 0.6) is 11.5 Å². The topological polar surface area (TPSA) is 44.5 Å². The van der Waals surface area contributed by atoms with Gasteiger partial charge < -0.3 is 15.2 Å². The summed E-state index contributed by atoms with van der Waals surface area (Å²) in [6, 6.07) is 5.99. The van der Waals surface area contributed by atoms with Crippen molar-refractivity contribution in [1.82, 2.24) is 0 Å². The van der Waals surface area contributed by atoms with E-state index in [4.69, 9.17) is 15.2 Å². The molecule has 106 valence electrons. The van der Waals surface area contributed by atoms with E-state index >= 15 is 0 Å². The van der Waals surface area contributed by atoms with Gasteiger partial charge in [-0.25, -0.2) is 0 Å². The minimum Gasteiger partial charge on any atom is -0.497 e. The summed E-state index contributed by atoms with van der Waals surface area (Å²) >= 11 is 0. The van der Waals surface area contributed by atoms with Crippen molar-refractivity contribution in [2.24, 2.45) is 11.7 Å². The Morgan fingerprint density at radius 2 is 1.63 bits per heavy atom. The highest BCUT2D eigenvalue weighted by Crippen LogP contribution is 2.40. The predicted octanol–water partition coefficient (Wildman–Crippen LogP) is 3.46. The molecule has 1 aromatic rings. The number of benzene rings is 1. The molecule has 1 aliphatic rings. The molecule has 0 unspecified atom stereocenters. The van der Waals surface area contributed by atoms with Gasteiger partial charge in [0.05, 0.1) is 14.2 Å². The molecule has 3 nitrogen and oxygen atoms in total. The lowest BCUT2D eigenvalue weighted by molar-refractivity contribution is 0.230. The van der Waals surface area contributed by atoms with Crippen LogP contribution >= 0.6 is 0 Å². The van der Waals surface area contributed by atoms with Crippen LogP contribution in [0.4, 0.5) is 0 Å². The fourth-order valence-corrected chi connectivity index (χ4v) is 2.98. The Kier molecular flexibility index (Phi) is 4.35. The van der Waals surface area contributed by atoms with Gasteiger partial charge in [-0.2, -0.15) is 0 Å². The standard InChI is InChI=1S/C16H25NO2/c1-4-12-5-7-16(17,8-6-12)13-9-14(18-2)11-15(10-13)19-3/h9-12H,4-8,17H2,1-3H3. The molecule has 1 fully saturated rings. The van der Waals surface area contributed by atoms with Crippen LogP contribution in [-0.2, 0) is 5.54 Å². The Balaban J connectivity index is 2.25. The summed E-state index contributed by atoms with van der Waals surface area (Å²) in [5.41, 5.74) is 7.54. The average Bonchev–Trinajstić information content (AvgIpc) is 2.47. The molecule has 1 aromatic carbocycles. The van der Waals surface area contributed by atoms with E-state index < -0.39 is 0 Å². The van der Waals surface area contributed by atoms with Crippen molar-refractivity contribution in [3.8, 4) is 11.5 Å². The number of hydrogen-bond acceptors (Lipinski definition) is 3. The van der Waals surface area contributed by atoms with Gasteiger partial charge in [0, 0.05) is 11.6 Å². The molecule has 2 rings (SSSR count). The highest BCUT2D eigenvalue weighted by atomic mass is 16.5. The van der Waals surface area contributed by atoms with Crippen LogP contribution in [0.2, 0.25) is 0 Å². The minimum atomic E-state index is -0.229. The Morgan fingerprint density at radius 1 is 1.11 bits per heavy atom. The number of methoxy groups -OCH3 is 2. The summed E-state index contributed by atoms with van der Waals surface area (Å²) in [4.78, 5) is 0. The van der Waals surface area contributed by atoms with Gasteiger partial charge in [0.1, 0.15) is 11.5 Å². The van der Waals surface area contributed by atoms with E-state index in [9.17, 15) is 0 Å². The summed E-state index contributed by atoms with van der Waals surface area (Å²) in [7, 11) is 3.35. The van der Waals surface area contributed by atoms with Crippen LogP contribution in [0.1, 0.15) is 44.6 Å². The van der Waals surface area contributed by atoms with E-state index in [-0.39, 0.29) is 5.54 Å². The Labute approximate surface area is 116 Å². The first-order valence-electron chi connectivity index (χ1n) is 7.13. The second kappa shape index (κ2) is 5.83. The van der Waals surface area contributed by atoms with Crippen LogP contribution in [-0.4, -0.2) is 14.2 Å². The molecular formula is C16H25NO2. The molecule has 0 saturated heterocycles. The van der Waals surface area contributed by atoms with E-state index in [1.807, 2.05) is 6.07 Å². The smallest absolute Gasteiger partial charge is 0.122 e. The molecule has 0 bridgehead atoms. The van der Waals surface area contributed by atoms with E-state index in [1.54, 1.807) is 14.2 Å². The SMILES string of the molecule is CCC1CCC(N)(c2cc(OC)cc(OC)c2)CC1.